The van der Waals surface area contributed by atoms with Gasteiger partial charge in [0.1, 0.15) is 29.5 Å². The summed E-state index contributed by atoms with van der Waals surface area (Å²) in [7, 11) is -3.28. The van der Waals surface area contributed by atoms with E-state index in [1.807, 2.05) is 12.1 Å². The lowest BCUT2D eigenvalue weighted by atomic mass is 9.66. The summed E-state index contributed by atoms with van der Waals surface area (Å²) in [5, 5.41) is 13.1. The Balaban J connectivity index is 1.45. The highest BCUT2D eigenvalue weighted by Gasteiger charge is 2.65. The predicted molar refractivity (Wildman–Crippen MR) is 132 cm³/mol. The molecule has 1 fully saturated rings. The predicted octanol–water partition coefficient (Wildman–Crippen LogP) is 4.28. The Morgan fingerprint density at radius 2 is 1.78 bits per heavy atom. The van der Waals surface area contributed by atoms with Crippen LogP contribution in [0.15, 0.2) is 48.8 Å². The molecule has 190 valence electrons. The molecule has 1 saturated carbocycles. The van der Waals surface area contributed by atoms with Crippen LogP contribution in [-0.2, 0) is 21.1 Å². The highest BCUT2D eigenvalue weighted by Crippen LogP contribution is 2.69. The Labute approximate surface area is 212 Å². The van der Waals surface area contributed by atoms with Gasteiger partial charge in [-0.15, -0.1) is 10.2 Å². The van der Waals surface area contributed by atoms with E-state index in [-0.39, 0.29) is 28.5 Å². The molecule has 3 aromatic heterocycles. The van der Waals surface area contributed by atoms with Crippen LogP contribution in [0.2, 0.25) is 0 Å². The lowest BCUT2D eigenvalue weighted by Crippen LogP contribution is -2.37. The van der Waals surface area contributed by atoms with Gasteiger partial charge in [0.25, 0.3) is 0 Å². The standard InChI is InChI=1S/C26H24F2N6O2S/c1-25(2)16-10-11-26(25,23-15(16)12-20(31-32-23)22-17(27)6-4-7-18(22)28)21-9-5-8-19(30-21)24-29-13-34(33-24)14-37(3,35)36/h4-9,12-13,16H,10-11,14H2,1-3H3/t16-,26-/m0/s1. The molecule has 3 heterocycles. The van der Waals surface area contributed by atoms with Gasteiger partial charge in [-0.3, -0.25) is 0 Å². The van der Waals surface area contributed by atoms with Gasteiger partial charge in [0.05, 0.1) is 28.1 Å². The molecule has 8 nitrogen and oxygen atoms in total. The van der Waals surface area contributed by atoms with E-state index in [2.05, 4.69) is 34.1 Å². The van der Waals surface area contributed by atoms with Crippen molar-refractivity contribution >= 4 is 9.84 Å². The summed E-state index contributed by atoms with van der Waals surface area (Å²) in [6.07, 6.45) is 4.18. The van der Waals surface area contributed by atoms with Crippen molar-refractivity contribution in [2.75, 3.05) is 6.26 Å². The zero-order valence-corrected chi connectivity index (χ0v) is 21.3. The van der Waals surface area contributed by atoms with Gasteiger partial charge in [-0.2, -0.15) is 5.10 Å². The Kier molecular flexibility index (Phi) is 5.11. The summed E-state index contributed by atoms with van der Waals surface area (Å²) in [6, 6.07) is 11.1. The SMILES string of the molecule is CC1(C)[C@H]2CC[C@]1(c1cccc(-c3ncn(CS(C)(=O)=O)n3)n1)c1nnc(-c3c(F)cccc3F)cc12. The smallest absolute Gasteiger partial charge is 0.199 e. The van der Waals surface area contributed by atoms with E-state index in [1.54, 1.807) is 12.1 Å². The number of benzene rings is 1. The first-order chi connectivity index (χ1) is 17.5. The van der Waals surface area contributed by atoms with E-state index in [1.165, 1.54) is 29.2 Å². The van der Waals surface area contributed by atoms with Crippen LogP contribution in [0.3, 0.4) is 0 Å². The number of hydrogen-bond donors (Lipinski definition) is 0. The lowest BCUT2D eigenvalue weighted by molar-refractivity contribution is 0.243. The van der Waals surface area contributed by atoms with Gasteiger partial charge < -0.3 is 0 Å². The van der Waals surface area contributed by atoms with Crippen LogP contribution in [0.4, 0.5) is 8.78 Å². The molecule has 11 heteroatoms. The van der Waals surface area contributed by atoms with E-state index >= 15 is 0 Å². The highest BCUT2D eigenvalue weighted by molar-refractivity contribution is 7.89. The Hall–Kier alpha value is -3.60. The summed E-state index contributed by atoms with van der Waals surface area (Å²) >= 11 is 0. The number of sulfone groups is 1. The zero-order chi connectivity index (χ0) is 26.2. The molecule has 0 amide bonds. The molecule has 0 spiro atoms. The number of hydrogen-bond acceptors (Lipinski definition) is 7. The number of halogens is 2. The van der Waals surface area contributed by atoms with E-state index in [0.717, 1.165) is 36.0 Å². The summed E-state index contributed by atoms with van der Waals surface area (Å²) < 4.78 is 53.6. The summed E-state index contributed by atoms with van der Waals surface area (Å²) in [5.41, 5.74) is 2.17. The molecule has 0 saturated heterocycles. The number of nitrogens with zero attached hydrogens (tertiary/aromatic N) is 6. The normalized spacial score (nSPS) is 21.8. The molecule has 0 aliphatic heterocycles. The minimum Gasteiger partial charge on any atom is -0.248 e. The van der Waals surface area contributed by atoms with Crippen LogP contribution in [0.5, 0.6) is 0 Å². The molecule has 2 atom stereocenters. The van der Waals surface area contributed by atoms with Crippen molar-refractivity contribution in [3.8, 4) is 22.8 Å². The van der Waals surface area contributed by atoms with Gasteiger partial charge in [0.2, 0.25) is 0 Å². The maximum absolute atomic E-state index is 14.5. The molecule has 0 unspecified atom stereocenters. The average molecular weight is 523 g/mol. The number of aromatic nitrogens is 6. The van der Waals surface area contributed by atoms with Crippen molar-refractivity contribution in [3.63, 3.8) is 0 Å². The van der Waals surface area contributed by atoms with Gasteiger partial charge >= 0.3 is 0 Å². The molecule has 0 N–H and O–H groups in total. The first-order valence-electron chi connectivity index (χ1n) is 11.9. The summed E-state index contributed by atoms with van der Waals surface area (Å²) in [4.78, 5) is 9.20. The summed E-state index contributed by atoms with van der Waals surface area (Å²) in [5.74, 6) is -1.19. The zero-order valence-electron chi connectivity index (χ0n) is 20.5. The molecule has 2 aliphatic carbocycles. The molecular weight excluding hydrogens is 498 g/mol. The van der Waals surface area contributed by atoms with E-state index < -0.39 is 26.9 Å². The second-order valence-electron chi connectivity index (χ2n) is 10.4. The largest absolute Gasteiger partial charge is 0.248 e. The maximum atomic E-state index is 14.5. The fourth-order valence-electron chi connectivity index (χ4n) is 6.27. The average Bonchev–Trinajstić information content (AvgIpc) is 3.45. The summed E-state index contributed by atoms with van der Waals surface area (Å²) in [6.45, 7) is 4.34. The van der Waals surface area contributed by atoms with Crippen molar-refractivity contribution in [1.29, 1.82) is 0 Å². The highest BCUT2D eigenvalue weighted by atomic mass is 32.2. The molecule has 4 aromatic rings. The van der Waals surface area contributed by atoms with Crippen molar-refractivity contribution < 1.29 is 17.2 Å². The third-order valence-corrected chi connectivity index (χ3v) is 8.65. The Morgan fingerprint density at radius 3 is 2.51 bits per heavy atom. The minimum atomic E-state index is -3.28. The van der Waals surface area contributed by atoms with Gasteiger partial charge in [-0.05, 0) is 60.1 Å². The molecule has 0 radical (unpaired) electrons. The van der Waals surface area contributed by atoms with Crippen LogP contribution in [0.1, 0.15) is 49.6 Å². The van der Waals surface area contributed by atoms with Crippen LogP contribution >= 0.6 is 0 Å². The fraction of sp³-hybridized carbons (Fsp3) is 0.346. The quantitative estimate of drug-likeness (QED) is 0.385. The van der Waals surface area contributed by atoms with E-state index in [0.29, 0.717) is 11.5 Å². The fourth-order valence-corrected chi connectivity index (χ4v) is 6.87. The Bertz CT molecular complexity index is 1650. The minimum absolute atomic E-state index is 0.115. The molecule has 2 aliphatic rings. The van der Waals surface area contributed by atoms with Crippen molar-refractivity contribution in [2.24, 2.45) is 5.41 Å². The third-order valence-electron chi connectivity index (χ3n) is 7.92. The number of fused-ring (bicyclic) bond motifs is 5. The van der Waals surface area contributed by atoms with Gasteiger partial charge in [-0.25, -0.2) is 31.8 Å². The first-order valence-corrected chi connectivity index (χ1v) is 13.9. The molecular formula is C26H24F2N6O2S. The van der Waals surface area contributed by atoms with E-state index in [9.17, 15) is 17.2 Å². The van der Waals surface area contributed by atoms with Crippen LogP contribution in [0, 0.1) is 17.0 Å². The van der Waals surface area contributed by atoms with Crippen molar-refractivity contribution in [2.45, 2.75) is 43.9 Å². The number of pyridine rings is 1. The van der Waals surface area contributed by atoms with Gasteiger partial charge in [-0.1, -0.05) is 26.0 Å². The van der Waals surface area contributed by atoms with E-state index in [4.69, 9.17) is 4.98 Å². The maximum Gasteiger partial charge on any atom is 0.199 e. The van der Waals surface area contributed by atoms with Gasteiger partial charge in [0, 0.05) is 6.26 Å². The lowest BCUT2D eigenvalue weighted by Gasteiger charge is -2.37. The molecule has 2 bridgehead atoms. The van der Waals surface area contributed by atoms with Crippen LogP contribution in [-0.4, -0.2) is 44.6 Å². The van der Waals surface area contributed by atoms with Crippen LogP contribution < -0.4 is 0 Å². The second-order valence-corrected chi connectivity index (χ2v) is 12.5. The second kappa shape index (κ2) is 7.95. The molecule has 37 heavy (non-hydrogen) atoms. The van der Waals surface area contributed by atoms with Crippen LogP contribution in [0.25, 0.3) is 22.8 Å². The van der Waals surface area contributed by atoms with Crippen molar-refractivity contribution in [3.05, 3.63) is 77.4 Å². The third kappa shape index (κ3) is 3.51. The number of rotatable bonds is 5. The monoisotopic (exact) mass is 522 g/mol. The van der Waals surface area contributed by atoms with Crippen molar-refractivity contribution in [1.82, 2.24) is 29.9 Å². The molecule has 1 aromatic carbocycles. The topological polar surface area (TPSA) is 104 Å². The van der Waals surface area contributed by atoms with Gasteiger partial charge in [0.15, 0.2) is 15.7 Å². The first kappa shape index (κ1) is 23.8. The Morgan fingerprint density at radius 1 is 1.05 bits per heavy atom. The molecule has 6 rings (SSSR count).